The Bertz CT molecular complexity index is 1400. The molecule has 1 amide bonds. The summed E-state index contributed by atoms with van der Waals surface area (Å²) in [6.07, 6.45) is 6.06. The second-order valence-corrected chi connectivity index (χ2v) is 10.0. The Labute approximate surface area is 247 Å². The molecular weight excluding hydrogens is 532 g/mol. The maximum Gasteiger partial charge on any atom is 0.247 e. The van der Waals surface area contributed by atoms with Crippen LogP contribution in [0, 0.1) is 5.41 Å². The highest BCUT2D eigenvalue weighted by molar-refractivity contribution is 6.02. The molecule has 1 saturated heterocycles. The molecular formula is C31H40N8O3. The van der Waals surface area contributed by atoms with E-state index in [0.717, 1.165) is 61.6 Å². The van der Waals surface area contributed by atoms with E-state index in [1.165, 1.54) is 18.6 Å². The summed E-state index contributed by atoms with van der Waals surface area (Å²) in [6, 6.07) is 11.7. The number of ether oxygens (including phenoxy) is 2. The zero-order chi connectivity index (χ0) is 30.1. The molecule has 0 unspecified atom stereocenters. The minimum absolute atomic E-state index is 0.298. The number of amides is 1. The summed E-state index contributed by atoms with van der Waals surface area (Å²) in [6.45, 7) is 7.25. The van der Waals surface area contributed by atoms with Crippen LogP contribution in [0.25, 0.3) is 11.3 Å². The number of rotatable bonds is 13. The van der Waals surface area contributed by atoms with E-state index in [4.69, 9.17) is 14.9 Å². The van der Waals surface area contributed by atoms with E-state index in [0.29, 0.717) is 34.7 Å². The normalized spacial score (nSPS) is 13.7. The number of anilines is 5. The smallest absolute Gasteiger partial charge is 0.247 e. The molecule has 4 N–H and O–H groups in total. The number of piperidine rings is 1. The fourth-order valence-electron chi connectivity index (χ4n) is 5.14. The van der Waals surface area contributed by atoms with Crippen LogP contribution < -0.4 is 25.6 Å². The Morgan fingerprint density at radius 1 is 1.14 bits per heavy atom. The van der Waals surface area contributed by atoms with Gasteiger partial charge in [-0.2, -0.15) is 0 Å². The molecule has 0 saturated carbocycles. The van der Waals surface area contributed by atoms with Crippen molar-refractivity contribution in [1.82, 2.24) is 14.9 Å². The van der Waals surface area contributed by atoms with Crippen molar-refractivity contribution in [3.63, 3.8) is 0 Å². The van der Waals surface area contributed by atoms with E-state index in [1.807, 2.05) is 43.4 Å². The molecule has 0 bridgehead atoms. The zero-order valence-corrected chi connectivity index (χ0v) is 24.7. The molecule has 222 valence electrons. The van der Waals surface area contributed by atoms with Crippen LogP contribution in [0.1, 0.15) is 18.4 Å². The first-order chi connectivity index (χ1) is 20.4. The van der Waals surface area contributed by atoms with E-state index in [9.17, 15) is 4.79 Å². The highest BCUT2D eigenvalue weighted by Gasteiger charge is 2.25. The van der Waals surface area contributed by atoms with Crippen molar-refractivity contribution in [3.8, 4) is 17.0 Å². The largest absolute Gasteiger partial charge is 0.494 e. The Kier molecular flexibility index (Phi) is 10.5. The average Bonchev–Trinajstić information content (AvgIpc) is 3.03. The van der Waals surface area contributed by atoms with E-state index in [1.54, 1.807) is 14.2 Å². The lowest BCUT2D eigenvalue weighted by molar-refractivity contribution is -0.111. The molecule has 3 aromatic rings. The molecule has 0 spiro atoms. The van der Waals surface area contributed by atoms with Crippen molar-refractivity contribution in [2.45, 2.75) is 18.9 Å². The molecule has 4 rings (SSSR count). The molecule has 2 heterocycles. The fraction of sp³-hybridized carbons (Fsp3) is 0.355. The standard InChI is InChI=1S/C31H40N8O3/c1-6-31(40)37-26-16-27(29(42-5)18-28(26)38(3)23-9-11-39(12-10-23)13-14-41-4)36-30-17-25(34-20-35-30)21-7-8-22(19-32)24(15-21)33-2/h6-8,15-20,23,32-33H,1,9-14H2,2-5H3,(H,37,40)(H,34,35,36). The third kappa shape index (κ3) is 7.23. The van der Waals surface area contributed by atoms with Crippen molar-refractivity contribution < 1.29 is 14.3 Å². The SMILES string of the molecule is C=CC(=O)Nc1cc(Nc2cc(-c3ccc(C=N)c(NC)c3)ncn2)c(OC)cc1N(C)C1CCN(CCOC)CC1. The highest BCUT2D eigenvalue weighted by Crippen LogP contribution is 2.40. The van der Waals surface area contributed by atoms with Gasteiger partial charge in [0.25, 0.3) is 0 Å². The first-order valence-electron chi connectivity index (χ1n) is 13.9. The fourth-order valence-corrected chi connectivity index (χ4v) is 5.14. The molecule has 1 aliphatic rings. The third-order valence-electron chi connectivity index (χ3n) is 7.56. The van der Waals surface area contributed by atoms with Gasteiger partial charge in [0.2, 0.25) is 5.91 Å². The van der Waals surface area contributed by atoms with Crippen LogP contribution in [0.2, 0.25) is 0 Å². The number of likely N-dealkylation sites (tertiary alicyclic amines) is 1. The van der Waals surface area contributed by atoms with Gasteiger partial charge in [0.15, 0.2) is 0 Å². The van der Waals surface area contributed by atoms with Crippen LogP contribution in [0.5, 0.6) is 5.75 Å². The monoisotopic (exact) mass is 572 g/mol. The quantitative estimate of drug-likeness (QED) is 0.172. The summed E-state index contributed by atoms with van der Waals surface area (Å²) >= 11 is 0. The number of benzene rings is 2. The maximum absolute atomic E-state index is 12.4. The number of hydrogen-bond donors (Lipinski definition) is 4. The second kappa shape index (κ2) is 14.4. The van der Waals surface area contributed by atoms with Gasteiger partial charge in [0.05, 0.1) is 36.5 Å². The lowest BCUT2D eigenvalue weighted by atomic mass is 10.0. The first kappa shape index (κ1) is 30.5. The van der Waals surface area contributed by atoms with Crippen LogP contribution in [0.15, 0.2) is 55.4 Å². The molecule has 2 aromatic carbocycles. The van der Waals surface area contributed by atoms with Gasteiger partial charge >= 0.3 is 0 Å². The summed E-state index contributed by atoms with van der Waals surface area (Å²) < 4.78 is 11.0. The molecule has 11 heteroatoms. The number of methoxy groups -OCH3 is 2. The summed E-state index contributed by atoms with van der Waals surface area (Å²) in [5, 5.41) is 17.1. The van der Waals surface area contributed by atoms with Crippen LogP contribution >= 0.6 is 0 Å². The molecule has 42 heavy (non-hydrogen) atoms. The Balaban J connectivity index is 1.62. The molecule has 0 radical (unpaired) electrons. The number of carbonyl (C=O) groups excluding carboxylic acids is 1. The van der Waals surface area contributed by atoms with Crippen molar-refractivity contribution in [2.24, 2.45) is 0 Å². The predicted molar refractivity (Wildman–Crippen MR) is 170 cm³/mol. The summed E-state index contributed by atoms with van der Waals surface area (Å²) in [4.78, 5) is 26.0. The second-order valence-electron chi connectivity index (χ2n) is 10.0. The van der Waals surface area contributed by atoms with E-state index in [-0.39, 0.29) is 5.91 Å². The summed E-state index contributed by atoms with van der Waals surface area (Å²) in [7, 11) is 7.23. The van der Waals surface area contributed by atoms with E-state index >= 15 is 0 Å². The van der Waals surface area contributed by atoms with Crippen molar-refractivity contribution in [1.29, 1.82) is 5.41 Å². The molecule has 0 aliphatic carbocycles. The number of aromatic nitrogens is 2. The maximum atomic E-state index is 12.4. The summed E-state index contributed by atoms with van der Waals surface area (Å²) in [5.74, 6) is 0.873. The van der Waals surface area contributed by atoms with Gasteiger partial charge in [-0.25, -0.2) is 9.97 Å². The van der Waals surface area contributed by atoms with Gasteiger partial charge < -0.3 is 40.6 Å². The van der Waals surface area contributed by atoms with Crippen LogP contribution in [0.3, 0.4) is 0 Å². The molecule has 1 aromatic heterocycles. The Hall–Kier alpha value is -4.48. The average molecular weight is 573 g/mol. The summed E-state index contributed by atoms with van der Waals surface area (Å²) in [5.41, 5.74) is 5.36. The van der Waals surface area contributed by atoms with Crippen molar-refractivity contribution >= 4 is 40.7 Å². The minimum Gasteiger partial charge on any atom is -0.494 e. The zero-order valence-electron chi connectivity index (χ0n) is 24.7. The first-order valence-corrected chi connectivity index (χ1v) is 13.9. The van der Waals surface area contributed by atoms with Gasteiger partial charge in [0.1, 0.15) is 17.9 Å². The minimum atomic E-state index is -0.298. The lowest BCUT2D eigenvalue weighted by Crippen LogP contribution is -2.44. The van der Waals surface area contributed by atoms with Gasteiger partial charge in [0, 0.05) is 82.0 Å². The van der Waals surface area contributed by atoms with Gasteiger partial charge in [-0.1, -0.05) is 18.7 Å². The van der Waals surface area contributed by atoms with Gasteiger partial charge in [-0.05, 0) is 31.1 Å². The van der Waals surface area contributed by atoms with Crippen LogP contribution in [-0.2, 0) is 9.53 Å². The van der Waals surface area contributed by atoms with E-state index < -0.39 is 0 Å². The predicted octanol–water partition coefficient (Wildman–Crippen LogP) is 4.61. The highest BCUT2D eigenvalue weighted by atomic mass is 16.5. The topological polar surface area (TPSA) is 128 Å². The van der Waals surface area contributed by atoms with Gasteiger partial charge in [-0.3, -0.25) is 4.79 Å². The van der Waals surface area contributed by atoms with E-state index in [2.05, 4.69) is 49.3 Å². The number of carbonyl (C=O) groups is 1. The number of nitrogens with one attached hydrogen (secondary N) is 4. The Morgan fingerprint density at radius 2 is 1.93 bits per heavy atom. The van der Waals surface area contributed by atoms with Gasteiger partial charge in [-0.15, -0.1) is 0 Å². The van der Waals surface area contributed by atoms with Crippen LogP contribution in [-0.4, -0.2) is 87.6 Å². The van der Waals surface area contributed by atoms with Crippen LogP contribution in [0.4, 0.5) is 28.6 Å². The van der Waals surface area contributed by atoms with Crippen molar-refractivity contribution in [3.05, 3.63) is 60.9 Å². The lowest BCUT2D eigenvalue weighted by Gasteiger charge is -2.38. The molecule has 1 fully saturated rings. The number of nitrogens with zero attached hydrogens (tertiary/aromatic N) is 4. The number of hydrogen-bond acceptors (Lipinski definition) is 10. The molecule has 1 aliphatic heterocycles. The Morgan fingerprint density at radius 3 is 2.60 bits per heavy atom. The van der Waals surface area contributed by atoms with Crippen molar-refractivity contribution in [2.75, 3.05) is 75.4 Å². The third-order valence-corrected chi connectivity index (χ3v) is 7.56. The molecule has 11 nitrogen and oxygen atoms in total. The molecule has 0 atom stereocenters.